The van der Waals surface area contributed by atoms with Crippen molar-refractivity contribution in [1.29, 1.82) is 0 Å². The summed E-state index contributed by atoms with van der Waals surface area (Å²) in [6.07, 6.45) is 5.61. The van der Waals surface area contributed by atoms with Crippen LogP contribution in [0.4, 0.5) is 5.69 Å². The van der Waals surface area contributed by atoms with E-state index in [2.05, 4.69) is 47.8 Å². The Morgan fingerprint density at radius 2 is 2.04 bits per heavy atom. The molecule has 0 bridgehead atoms. The van der Waals surface area contributed by atoms with Crippen LogP contribution in [0.15, 0.2) is 60.7 Å². The third kappa shape index (κ3) is 2.50. The third-order valence-electron chi connectivity index (χ3n) is 5.03. The Morgan fingerprint density at radius 1 is 1.21 bits per heavy atom. The number of rotatable bonds is 3. The number of anilines is 1. The number of nitrogens with one attached hydrogen (secondary N) is 1. The van der Waals surface area contributed by atoms with Crippen molar-refractivity contribution >= 4 is 11.7 Å². The lowest BCUT2D eigenvalue weighted by molar-refractivity contribution is 0.0526. The number of carbonyl (C=O) groups excluding carboxylic acids is 1. The topological polar surface area (TPSA) is 38.3 Å². The lowest BCUT2D eigenvalue weighted by atomic mass is 9.76. The van der Waals surface area contributed by atoms with Crippen LogP contribution in [0.25, 0.3) is 0 Å². The van der Waals surface area contributed by atoms with Gasteiger partial charge in [0.05, 0.1) is 18.2 Å². The summed E-state index contributed by atoms with van der Waals surface area (Å²) in [5, 5.41) is 3.69. The van der Waals surface area contributed by atoms with Gasteiger partial charge < -0.3 is 10.1 Å². The molecule has 3 heteroatoms. The van der Waals surface area contributed by atoms with Crippen LogP contribution in [0, 0.1) is 5.92 Å². The molecule has 0 amide bonds. The SMILES string of the molecule is CCOC(=O)c1ccc2c(c1)[C@@H]1C=CC[C@H]1[C@@H](c1ccccc1)N2. The molecular weight excluding hydrogens is 298 g/mol. The summed E-state index contributed by atoms with van der Waals surface area (Å²) >= 11 is 0. The Kier molecular flexibility index (Phi) is 3.85. The van der Waals surface area contributed by atoms with E-state index in [9.17, 15) is 4.79 Å². The summed E-state index contributed by atoms with van der Waals surface area (Å²) in [6.45, 7) is 2.23. The Labute approximate surface area is 142 Å². The van der Waals surface area contributed by atoms with E-state index >= 15 is 0 Å². The van der Waals surface area contributed by atoms with Crippen molar-refractivity contribution in [2.75, 3.05) is 11.9 Å². The zero-order chi connectivity index (χ0) is 16.5. The maximum atomic E-state index is 12.0. The van der Waals surface area contributed by atoms with Gasteiger partial charge in [0.2, 0.25) is 0 Å². The lowest BCUT2D eigenvalue weighted by Crippen LogP contribution is -2.29. The minimum atomic E-state index is -0.246. The van der Waals surface area contributed by atoms with E-state index in [1.54, 1.807) is 0 Å². The van der Waals surface area contributed by atoms with Crippen LogP contribution in [0.5, 0.6) is 0 Å². The van der Waals surface area contributed by atoms with Crippen molar-refractivity contribution in [3.05, 3.63) is 77.4 Å². The van der Waals surface area contributed by atoms with Crippen LogP contribution in [0.1, 0.15) is 46.8 Å². The smallest absolute Gasteiger partial charge is 0.338 e. The number of esters is 1. The van der Waals surface area contributed by atoms with E-state index in [4.69, 9.17) is 4.74 Å². The van der Waals surface area contributed by atoms with Gasteiger partial charge >= 0.3 is 5.97 Å². The van der Waals surface area contributed by atoms with Gasteiger partial charge in [-0.15, -0.1) is 0 Å². The molecule has 1 aliphatic carbocycles. The molecule has 0 saturated heterocycles. The van der Waals surface area contributed by atoms with Crippen molar-refractivity contribution in [2.45, 2.75) is 25.3 Å². The Bertz CT molecular complexity index is 782. The fourth-order valence-corrected chi connectivity index (χ4v) is 3.93. The maximum absolute atomic E-state index is 12.0. The number of allylic oxidation sites excluding steroid dienone is 2. The normalized spacial score (nSPS) is 24.0. The highest BCUT2D eigenvalue weighted by atomic mass is 16.5. The molecule has 0 spiro atoms. The number of hydrogen-bond acceptors (Lipinski definition) is 3. The summed E-state index contributed by atoms with van der Waals surface area (Å²) in [4.78, 5) is 12.0. The molecule has 0 unspecified atom stereocenters. The Hall–Kier alpha value is -2.55. The molecule has 122 valence electrons. The van der Waals surface area contributed by atoms with Gasteiger partial charge in [-0.1, -0.05) is 42.5 Å². The van der Waals surface area contributed by atoms with Crippen molar-refractivity contribution in [1.82, 2.24) is 0 Å². The second kappa shape index (κ2) is 6.16. The molecule has 0 saturated carbocycles. The quantitative estimate of drug-likeness (QED) is 0.659. The number of ether oxygens (including phenoxy) is 1. The molecule has 3 nitrogen and oxygen atoms in total. The molecule has 4 rings (SSSR count). The highest BCUT2D eigenvalue weighted by Crippen LogP contribution is 2.49. The van der Waals surface area contributed by atoms with Gasteiger partial charge in [0.15, 0.2) is 0 Å². The highest BCUT2D eigenvalue weighted by Gasteiger charge is 2.38. The van der Waals surface area contributed by atoms with Gasteiger partial charge in [0.1, 0.15) is 0 Å². The molecular formula is C21H21NO2. The Morgan fingerprint density at radius 3 is 2.83 bits per heavy atom. The van der Waals surface area contributed by atoms with Crippen molar-refractivity contribution in [3.63, 3.8) is 0 Å². The van der Waals surface area contributed by atoms with Crippen LogP contribution in [0.2, 0.25) is 0 Å². The van der Waals surface area contributed by atoms with Gasteiger partial charge in [0.25, 0.3) is 0 Å². The number of hydrogen-bond donors (Lipinski definition) is 1. The molecule has 1 N–H and O–H groups in total. The minimum Gasteiger partial charge on any atom is -0.462 e. The second-order valence-corrected chi connectivity index (χ2v) is 6.41. The van der Waals surface area contributed by atoms with E-state index in [0.717, 1.165) is 12.1 Å². The first-order chi connectivity index (χ1) is 11.8. The van der Waals surface area contributed by atoms with E-state index < -0.39 is 0 Å². The molecule has 2 aromatic carbocycles. The fraction of sp³-hybridized carbons (Fsp3) is 0.286. The first-order valence-corrected chi connectivity index (χ1v) is 8.57. The van der Waals surface area contributed by atoms with Crippen LogP contribution >= 0.6 is 0 Å². The van der Waals surface area contributed by atoms with Crippen molar-refractivity contribution in [3.8, 4) is 0 Å². The number of benzene rings is 2. The lowest BCUT2D eigenvalue weighted by Gasteiger charge is -2.37. The van der Waals surface area contributed by atoms with E-state index in [0.29, 0.717) is 30.0 Å². The van der Waals surface area contributed by atoms with Gasteiger partial charge in [-0.2, -0.15) is 0 Å². The largest absolute Gasteiger partial charge is 0.462 e. The van der Waals surface area contributed by atoms with Gasteiger partial charge in [-0.25, -0.2) is 4.79 Å². The predicted molar refractivity (Wildman–Crippen MR) is 95.2 cm³/mol. The average Bonchev–Trinajstić information content (AvgIpc) is 3.11. The summed E-state index contributed by atoms with van der Waals surface area (Å²) in [5.74, 6) is 0.585. The first kappa shape index (κ1) is 15.0. The molecule has 0 aromatic heterocycles. The predicted octanol–water partition coefficient (Wildman–Crippen LogP) is 4.69. The minimum absolute atomic E-state index is 0.246. The van der Waals surface area contributed by atoms with E-state index in [-0.39, 0.29) is 5.97 Å². The Balaban J connectivity index is 1.72. The van der Waals surface area contributed by atoms with Gasteiger partial charge in [-0.05, 0) is 48.6 Å². The second-order valence-electron chi connectivity index (χ2n) is 6.41. The summed E-state index contributed by atoms with van der Waals surface area (Å²) in [6, 6.07) is 16.8. The van der Waals surface area contributed by atoms with Crippen LogP contribution in [-0.2, 0) is 4.74 Å². The molecule has 1 aliphatic heterocycles. The molecule has 2 aromatic rings. The first-order valence-electron chi connectivity index (χ1n) is 8.57. The average molecular weight is 319 g/mol. The molecule has 24 heavy (non-hydrogen) atoms. The molecule has 0 fully saturated rings. The zero-order valence-electron chi connectivity index (χ0n) is 13.7. The van der Waals surface area contributed by atoms with Crippen molar-refractivity contribution < 1.29 is 9.53 Å². The highest BCUT2D eigenvalue weighted by molar-refractivity contribution is 5.90. The summed E-state index contributed by atoms with van der Waals surface area (Å²) in [5.41, 5.74) is 4.27. The maximum Gasteiger partial charge on any atom is 0.338 e. The third-order valence-corrected chi connectivity index (χ3v) is 5.03. The van der Waals surface area contributed by atoms with E-state index in [1.165, 1.54) is 11.1 Å². The number of carbonyl (C=O) groups is 1. The fourth-order valence-electron chi connectivity index (χ4n) is 3.93. The molecule has 2 aliphatic rings. The van der Waals surface area contributed by atoms with Crippen LogP contribution in [0.3, 0.4) is 0 Å². The molecule has 3 atom stereocenters. The van der Waals surface area contributed by atoms with E-state index in [1.807, 2.05) is 25.1 Å². The van der Waals surface area contributed by atoms with Crippen molar-refractivity contribution in [2.24, 2.45) is 5.92 Å². The molecule has 0 radical (unpaired) electrons. The summed E-state index contributed by atoms with van der Waals surface area (Å²) < 4.78 is 5.14. The van der Waals surface area contributed by atoms with Gasteiger partial charge in [0, 0.05) is 11.6 Å². The summed E-state index contributed by atoms with van der Waals surface area (Å²) in [7, 11) is 0. The van der Waals surface area contributed by atoms with Crippen LogP contribution in [-0.4, -0.2) is 12.6 Å². The zero-order valence-corrected chi connectivity index (χ0v) is 13.7. The van der Waals surface area contributed by atoms with Crippen LogP contribution < -0.4 is 5.32 Å². The molecule has 1 heterocycles. The monoisotopic (exact) mass is 319 g/mol. The van der Waals surface area contributed by atoms with Gasteiger partial charge in [-0.3, -0.25) is 0 Å². The standard InChI is InChI=1S/C21H21NO2/c1-2-24-21(23)15-11-12-19-18(13-15)16-9-6-10-17(16)20(22-19)14-7-4-3-5-8-14/h3-9,11-13,16-17,20,22H,2,10H2,1H3/t16-,17-,20-/m1/s1. The number of fused-ring (bicyclic) bond motifs is 3.